The molecular weight excluding hydrogens is 991 g/mol. The van der Waals surface area contributed by atoms with Gasteiger partial charge in [0.25, 0.3) is 0 Å². The van der Waals surface area contributed by atoms with Crippen molar-refractivity contribution in [2.75, 3.05) is 13.2 Å². The molecule has 8 atom stereocenters. The van der Waals surface area contributed by atoms with Crippen LogP contribution >= 0.6 is 0 Å². The lowest BCUT2D eigenvalue weighted by atomic mass is 9.99. The van der Waals surface area contributed by atoms with Gasteiger partial charge in [0.05, 0.1) is 25.4 Å². The number of aliphatic hydroxyl groups is 5. The van der Waals surface area contributed by atoms with Gasteiger partial charge in [-0.2, -0.15) is 0 Å². The quantitative estimate of drug-likeness (QED) is 0.0195. The molecule has 6 N–H and O–H groups in total. The van der Waals surface area contributed by atoms with E-state index in [0.29, 0.717) is 12.8 Å². The zero-order chi connectivity index (χ0) is 57.5. The summed E-state index contributed by atoms with van der Waals surface area (Å²) < 4.78 is 17.6. The minimum absolute atomic E-state index is 0.113. The maximum Gasteiger partial charge on any atom is 0.306 e. The second-order valence-electron chi connectivity index (χ2n) is 22.1. The molecule has 1 saturated heterocycles. The van der Waals surface area contributed by atoms with Gasteiger partial charge in [-0.1, -0.05) is 254 Å². The molecule has 1 aliphatic heterocycles. The van der Waals surface area contributed by atoms with Gasteiger partial charge < -0.3 is 45.1 Å². The third-order valence-corrected chi connectivity index (χ3v) is 14.8. The van der Waals surface area contributed by atoms with Crippen LogP contribution < -0.4 is 5.32 Å². The zero-order valence-electron chi connectivity index (χ0n) is 50.5. The molecule has 0 radical (unpaired) electrons. The molecule has 11 heteroatoms. The highest BCUT2D eigenvalue weighted by molar-refractivity contribution is 5.80. The average molecular weight is 1110 g/mol. The lowest BCUT2D eigenvalue weighted by Crippen LogP contribution is -2.61. The van der Waals surface area contributed by atoms with Crippen molar-refractivity contribution in [3.63, 3.8) is 0 Å². The summed E-state index contributed by atoms with van der Waals surface area (Å²) in [4.78, 5) is 26.6. The van der Waals surface area contributed by atoms with Crippen molar-refractivity contribution >= 4 is 11.9 Å². The van der Waals surface area contributed by atoms with Crippen LogP contribution in [0.1, 0.15) is 271 Å². The maximum atomic E-state index is 13.4. The number of esters is 1. The van der Waals surface area contributed by atoms with Crippen molar-refractivity contribution in [2.24, 2.45) is 0 Å². The topological polar surface area (TPSA) is 175 Å². The zero-order valence-corrected chi connectivity index (χ0v) is 50.5. The fourth-order valence-electron chi connectivity index (χ4n) is 9.67. The molecule has 0 aliphatic carbocycles. The number of amides is 1. The van der Waals surface area contributed by atoms with Crippen LogP contribution in [0.4, 0.5) is 0 Å². The molecule has 79 heavy (non-hydrogen) atoms. The van der Waals surface area contributed by atoms with Crippen LogP contribution in [0.2, 0.25) is 0 Å². The van der Waals surface area contributed by atoms with E-state index in [1.165, 1.54) is 116 Å². The second-order valence-corrected chi connectivity index (χ2v) is 22.1. The molecule has 0 aromatic carbocycles. The van der Waals surface area contributed by atoms with Gasteiger partial charge >= 0.3 is 5.97 Å². The van der Waals surface area contributed by atoms with Crippen LogP contribution in [0, 0.1) is 0 Å². The van der Waals surface area contributed by atoms with E-state index in [-0.39, 0.29) is 19.4 Å². The Labute approximate surface area is 483 Å². The third kappa shape index (κ3) is 43.2. The first-order chi connectivity index (χ1) is 38.7. The van der Waals surface area contributed by atoms with Gasteiger partial charge in [0, 0.05) is 6.42 Å². The summed E-state index contributed by atoms with van der Waals surface area (Å²) in [5.41, 5.74) is 0. The lowest BCUT2D eigenvalue weighted by Gasteiger charge is -2.41. The first-order valence-corrected chi connectivity index (χ1v) is 32.4. The number of carbonyl (C=O) groups excluding carboxylic acids is 2. The predicted molar refractivity (Wildman–Crippen MR) is 329 cm³/mol. The summed E-state index contributed by atoms with van der Waals surface area (Å²) in [5.74, 6) is -1.22. The minimum Gasteiger partial charge on any atom is -0.454 e. The van der Waals surface area contributed by atoms with Gasteiger partial charge in [-0.25, -0.2) is 0 Å². The van der Waals surface area contributed by atoms with E-state index in [1.807, 2.05) is 6.08 Å². The average Bonchev–Trinajstić information content (AvgIpc) is 3.49. The van der Waals surface area contributed by atoms with Crippen molar-refractivity contribution in [3.05, 3.63) is 85.1 Å². The first-order valence-electron chi connectivity index (χ1n) is 32.4. The number of unbranched alkanes of at least 4 members (excludes halogenated alkanes) is 28. The Morgan fingerprint density at radius 2 is 0.911 bits per heavy atom. The molecule has 0 bridgehead atoms. The van der Waals surface area contributed by atoms with E-state index in [4.69, 9.17) is 14.2 Å². The van der Waals surface area contributed by atoms with Crippen LogP contribution in [0.3, 0.4) is 0 Å². The standard InChI is InChI=1S/C68H119NO10/c1-4-7-10-13-16-19-22-25-27-29-30-31-33-34-37-40-43-46-49-52-55-61(72)67(76)69-59(60(71)54-51-48-45-42-39-36-24-21-18-15-12-9-6-3)58-77-68-66(65(75)64(74)62(57-70)78-68)79-63(73)56-53-50-47-44-41-38-35-32-28-26-23-20-17-14-11-8-5-2/h7,10,16,19,25-28,30-31,34,37,51,54,59-62,64-66,68,70-72,74-75H,4-6,8-9,11-15,17-18,20-24,29,32-33,35-36,38-50,52-53,55-58H2,1-3H3,(H,69,76)/b10-7-,19-16-,27-25-,28-26+,31-30-,37-34-,54-51+. The summed E-state index contributed by atoms with van der Waals surface area (Å²) in [6.07, 6.45) is 61.8. The number of carbonyl (C=O) groups is 2. The smallest absolute Gasteiger partial charge is 0.306 e. The molecule has 11 nitrogen and oxygen atoms in total. The summed E-state index contributed by atoms with van der Waals surface area (Å²) in [5, 5.41) is 57.1. The number of ether oxygens (including phenoxy) is 3. The minimum atomic E-state index is -1.62. The number of hydrogen-bond donors (Lipinski definition) is 6. The summed E-state index contributed by atoms with van der Waals surface area (Å²) in [6.45, 7) is 5.67. The van der Waals surface area contributed by atoms with Crippen LogP contribution in [0.25, 0.3) is 0 Å². The van der Waals surface area contributed by atoms with Crippen molar-refractivity contribution < 1.29 is 49.3 Å². The van der Waals surface area contributed by atoms with Crippen molar-refractivity contribution in [1.82, 2.24) is 5.32 Å². The van der Waals surface area contributed by atoms with Gasteiger partial charge in [0.1, 0.15) is 24.4 Å². The Bertz CT molecular complexity index is 1610. The molecule has 8 unspecified atom stereocenters. The van der Waals surface area contributed by atoms with Gasteiger partial charge in [-0.15, -0.1) is 0 Å². The Balaban J connectivity index is 2.70. The Morgan fingerprint density at radius 3 is 1.38 bits per heavy atom. The molecule has 1 rings (SSSR count). The molecule has 0 saturated carbocycles. The maximum absolute atomic E-state index is 13.4. The number of aliphatic hydroxyl groups excluding tert-OH is 5. The molecule has 1 heterocycles. The Kier molecular flexibility index (Phi) is 51.8. The van der Waals surface area contributed by atoms with Gasteiger partial charge in [-0.3, -0.25) is 9.59 Å². The summed E-state index contributed by atoms with van der Waals surface area (Å²) >= 11 is 0. The predicted octanol–water partition coefficient (Wildman–Crippen LogP) is 15.7. The SMILES string of the molecule is CC/C=C\C/C=C\C/C=C\C/C=C\C/C=C\CCCCCCC(O)C(=O)NC(COC1OC(CO)C(O)C(O)C1OC(=O)CCCCCCCCC/C=C/CCCCCCCC)C(O)/C=C/CCCCCCCCCCCCC. The van der Waals surface area contributed by atoms with Crippen molar-refractivity contribution in [1.29, 1.82) is 0 Å². The number of allylic oxidation sites excluding steroid dienone is 13. The van der Waals surface area contributed by atoms with Crippen LogP contribution in [0.5, 0.6) is 0 Å². The van der Waals surface area contributed by atoms with Gasteiger partial charge in [0.2, 0.25) is 5.91 Å². The molecule has 0 aromatic rings. The molecule has 1 amide bonds. The first kappa shape index (κ1) is 73.9. The number of nitrogens with one attached hydrogen (secondary N) is 1. The van der Waals surface area contributed by atoms with Crippen LogP contribution in [-0.4, -0.2) is 99.6 Å². The monoisotopic (exact) mass is 1110 g/mol. The lowest BCUT2D eigenvalue weighted by molar-refractivity contribution is -0.305. The van der Waals surface area contributed by atoms with E-state index in [1.54, 1.807) is 6.08 Å². The summed E-state index contributed by atoms with van der Waals surface area (Å²) in [6, 6.07) is -1.04. The van der Waals surface area contributed by atoms with E-state index >= 15 is 0 Å². The van der Waals surface area contributed by atoms with Crippen molar-refractivity contribution in [2.45, 2.75) is 320 Å². The van der Waals surface area contributed by atoms with E-state index in [9.17, 15) is 35.1 Å². The molecular formula is C68H119NO10. The van der Waals surface area contributed by atoms with E-state index in [0.717, 1.165) is 109 Å². The van der Waals surface area contributed by atoms with Gasteiger partial charge in [-0.05, 0) is 96.3 Å². The molecule has 1 fully saturated rings. The molecule has 1 aliphatic rings. The highest BCUT2D eigenvalue weighted by Gasteiger charge is 2.47. The second kappa shape index (κ2) is 55.4. The third-order valence-electron chi connectivity index (χ3n) is 14.8. The van der Waals surface area contributed by atoms with Crippen molar-refractivity contribution in [3.8, 4) is 0 Å². The number of rotatable bonds is 54. The molecule has 0 spiro atoms. The van der Waals surface area contributed by atoms with E-state index in [2.05, 4.69) is 99.0 Å². The Hall–Kier alpha value is -3.16. The van der Waals surface area contributed by atoms with Gasteiger partial charge in [0.15, 0.2) is 12.4 Å². The Morgan fingerprint density at radius 1 is 0.506 bits per heavy atom. The van der Waals surface area contributed by atoms with Crippen LogP contribution in [-0.2, 0) is 23.8 Å². The highest BCUT2D eigenvalue weighted by Crippen LogP contribution is 2.26. The molecule has 456 valence electrons. The normalized spacial score (nSPS) is 19.4. The summed E-state index contributed by atoms with van der Waals surface area (Å²) in [7, 11) is 0. The number of hydrogen-bond acceptors (Lipinski definition) is 10. The largest absolute Gasteiger partial charge is 0.454 e. The molecule has 0 aromatic heterocycles. The van der Waals surface area contributed by atoms with Crippen LogP contribution in [0.15, 0.2) is 85.1 Å². The highest BCUT2D eigenvalue weighted by atomic mass is 16.7. The van der Waals surface area contributed by atoms with E-state index < -0.39 is 67.4 Å². The fraction of sp³-hybridized carbons (Fsp3) is 0.765. The fourth-order valence-corrected chi connectivity index (χ4v) is 9.67.